The number of nitriles is 1. The Labute approximate surface area is 125 Å². The molecule has 0 N–H and O–H groups in total. The third kappa shape index (κ3) is 1.83. The number of aryl methyl sites for hydroxylation is 1. The summed E-state index contributed by atoms with van der Waals surface area (Å²) >= 11 is 1.74. The zero-order valence-corrected chi connectivity index (χ0v) is 12.3. The van der Waals surface area contributed by atoms with E-state index in [-0.39, 0.29) is 5.82 Å². The van der Waals surface area contributed by atoms with E-state index in [0.29, 0.717) is 11.7 Å². The van der Waals surface area contributed by atoms with Crippen LogP contribution in [0.2, 0.25) is 0 Å². The van der Waals surface area contributed by atoms with Gasteiger partial charge in [-0.1, -0.05) is 6.92 Å². The zero-order valence-electron chi connectivity index (χ0n) is 11.4. The lowest BCUT2D eigenvalue weighted by molar-refractivity contribution is 0.509. The van der Waals surface area contributed by atoms with Crippen molar-refractivity contribution in [1.82, 2.24) is 24.7 Å². The van der Waals surface area contributed by atoms with E-state index in [2.05, 4.69) is 33.2 Å². The summed E-state index contributed by atoms with van der Waals surface area (Å²) in [7, 11) is 0. The minimum atomic E-state index is 0.249. The maximum atomic E-state index is 9.15. The molecule has 3 aromatic rings. The summed E-state index contributed by atoms with van der Waals surface area (Å²) < 4.78 is 1.65. The van der Waals surface area contributed by atoms with Gasteiger partial charge in [0.15, 0.2) is 5.82 Å². The van der Waals surface area contributed by atoms with Gasteiger partial charge in [0, 0.05) is 4.88 Å². The molecule has 0 fully saturated rings. The van der Waals surface area contributed by atoms with Gasteiger partial charge >= 0.3 is 0 Å². The average molecular weight is 296 g/mol. The van der Waals surface area contributed by atoms with Crippen LogP contribution < -0.4 is 0 Å². The molecule has 0 aliphatic heterocycles. The van der Waals surface area contributed by atoms with E-state index in [9.17, 15) is 0 Å². The minimum Gasteiger partial charge on any atom is -0.256 e. The van der Waals surface area contributed by atoms with E-state index in [1.165, 1.54) is 23.2 Å². The maximum absolute atomic E-state index is 9.15. The molecule has 21 heavy (non-hydrogen) atoms. The lowest BCUT2D eigenvalue weighted by atomic mass is 9.89. The average Bonchev–Trinajstić information content (AvgIpc) is 3.09. The van der Waals surface area contributed by atoms with Crippen LogP contribution >= 0.6 is 11.3 Å². The normalized spacial score (nSPS) is 17.6. The van der Waals surface area contributed by atoms with Gasteiger partial charge in [0.1, 0.15) is 23.6 Å². The van der Waals surface area contributed by atoms with E-state index in [0.717, 1.165) is 23.1 Å². The predicted molar refractivity (Wildman–Crippen MR) is 78.2 cm³/mol. The SMILES string of the molecule is C[C@H]1CCc2c(sc3ncnc(-n4cnnc4C#N)c23)C1. The zero-order chi connectivity index (χ0) is 14.4. The van der Waals surface area contributed by atoms with Gasteiger partial charge in [0.05, 0.1) is 5.39 Å². The largest absolute Gasteiger partial charge is 0.256 e. The molecule has 0 saturated carbocycles. The van der Waals surface area contributed by atoms with Gasteiger partial charge < -0.3 is 0 Å². The molecular formula is C14H12N6S. The molecule has 1 aliphatic carbocycles. The molecule has 4 rings (SSSR count). The molecular weight excluding hydrogens is 284 g/mol. The summed E-state index contributed by atoms with van der Waals surface area (Å²) in [5.41, 5.74) is 1.33. The smallest absolute Gasteiger partial charge is 0.240 e. The van der Waals surface area contributed by atoms with Crippen LogP contribution in [0.15, 0.2) is 12.7 Å². The van der Waals surface area contributed by atoms with Crippen molar-refractivity contribution in [2.75, 3.05) is 0 Å². The number of hydrogen-bond acceptors (Lipinski definition) is 6. The molecule has 0 aromatic carbocycles. The Morgan fingerprint density at radius 2 is 2.33 bits per heavy atom. The van der Waals surface area contributed by atoms with Crippen molar-refractivity contribution >= 4 is 21.6 Å². The van der Waals surface area contributed by atoms with Gasteiger partial charge in [-0.25, -0.2) is 9.97 Å². The molecule has 0 unspecified atom stereocenters. The second kappa shape index (κ2) is 4.60. The third-order valence-electron chi connectivity index (χ3n) is 3.95. The summed E-state index contributed by atoms with van der Waals surface area (Å²) in [5, 5.41) is 17.8. The van der Waals surface area contributed by atoms with Crippen LogP contribution in [0.3, 0.4) is 0 Å². The van der Waals surface area contributed by atoms with Crippen LogP contribution in [0, 0.1) is 17.2 Å². The van der Waals surface area contributed by atoms with E-state index < -0.39 is 0 Å². The van der Waals surface area contributed by atoms with Crippen LogP contribution in [-0.2, 0) is 12.8 Å². The van der Waals surface area contributed by atoms with Crippen LogP contribution in [0.25, 0.3) is 16.0 Å². The fourth-order valence-corrected chi connectivity index (χ4v) is 4.25. The quantitative estimate of drug-likeness (QED) is 0.688. The number of aromatic nitrogens is 5. The molecule has 3 heterocycles. The first-order valence-corrected chi connectivity index (χ1v) is 7.65. The van der Waals surface area contributed by atoms with Gasteiger partial charge in [0.2, 0.25) is 5.82 Å². The Morgan fingerprint density at radius 3 is 3.19 bits per heavy atom. The van der Waals surface area contributed by atoms with Crippen molar-refractivity contribution in [3.63, 3.8) is 0 Å². The van der Waals surface area contributed by atoms with Crippen LogP contribution in [0.1, 0.15) is 29.6 Å². The van der Waals surface area contributed by atoms with Gasteiger partial charge in [-0.2, -0.15) is 5.26 Å². The standard InChI is InChI=1S/C14H12N6S/c1-8-2-3-9-10(4-8)21-14-12(9)13(16-6-17-14)20-7-18-19-11(20)5-15/h6-8H,2-4H2,1H3/t8-/m0/s1. The highest BCUT2D eigenvalue weighted by Crippen LogP contribution is 2.39. The Morgan fingerprint density at radius 1 is 1.43 bits per heavy atom. The fraction of sp³-hybridized carbons (Fsp3) is 0.357. The molecule has 0 spiro atoms. The lowest BCUT2D eigenvalue weighted by Crippen LogP contribution is -2.09. The van der Waals surface area contributed by atoms with Gasteiger partial charge in [-0.15, -0.1) is 21.5 Å². The first-order valence-electron chi connectivity index (χ1n) is 6.83. The highest BCUT2D eigenvalue weighted by molar-refractivity contribution is 7.18. The monoisotopic (exact) mass is 296 g/mol. The molecule has 104 valence electrons. The molecule has 1 aliphatic rings. The van der Waals surface area contributed by atoms with E-state index >= 15 is 0 Å². The Hall–Kier alpha value is -2.33. The van der Waals surface area contributed by atoms with E-state index in [1.54, 1.807) is 22.2 Å². The van der Waals surface area contributed by atoms with Gasteiger partial charge in [-0.05, 0) is 30.7 Å². The summed E-state index contributed by atoms with van der Waals surface area (Å²) in [4.78, 5) is 11.2. The van der Waals surface area contributed by atoms with E-state index in [4.69, 9.17) is 5.26 Å². The number of fused-ring (bicyclic) bond motifs is 3. The molecule has 1 atom stereocenters. The second-order valence-electron chi connectivity index (χ2n) is 5.37. The number of nitrogens with zero attached hydrogens (tertiary/aromatic N) is 6. The molecule has 3 aromatic heterocycles. The first kappa shape index (κ1) is 12.4. The van der Waals surface area contributed by atoms with Crippen molar-refractivity contribution in [1.29, 1.82) is 5.26 Å². The highest BCUT2D eigenvalue weighted by atomic mass is 32.1. The Kier molecular flexibility index (Phi) is 2.72. The van der Waals surface area contributed by atoms with Crippen LogP contribution in [0.5, 0.6) is 0 Å². The summed E-state index contributed by atoms with van der Waals surface area (Å²) in [6.07, 6.45) is 6.41. The number of rotatable bonds is 1. The topological polar surface area (TPSA) is 80.3 Å². The summed E-state index contributed by atoms with van der Waals surface area (Å²) in [5.74, 6) is 1.68. The Balaban J connectivity index is 2.01. The molecule has 6 nitrogen and oxygen atoms in total. The summed E-state index contributed by atoms with van der Waals surface area (Å²) in [6.45, 7) is 2.29. The summed E-state index contributed by atoms with van der Waals surface area (Å²) in [6, 6.07) is 2.05. The molecule has 0 amide bonds. The van der Waals surface area contributed by atoms with E-state index in [1.807, 2.05) is 0 Å². The number of hydrogen-bond donors (Lipinski definition) is 0. The van der Waals surface area contributed by atoms with Crippen LogP contribution in [0.4, 0.5) is 0 Å². The van der Waals surface area contributed by atoms with Crippen molar-refractivity contribution < 1.29 is 0 Å². The minimum absolute atomic E-state index is 0.249. The first-order chi connectivity index (χ1) is 10.3. The Bertz CT molecular complexity index is 871. The van der Waals surface area contributed by atoms with Crippen molar-refractivity contribution in [3.05, 3.63) is 28.9 Å². The fourth-order valence-electron chi connectivity index (χ4n) is 2.91. The molecule has 0 bridgehead atoms. The number of thiophene rings is 1. The predicted octanol–water partition coefficient (Wildman–Crippen LogP) is 2.27. The molecule has 0 radical (unpaired) electrons. The molecule has 7 heteroatoms. The van der Waals surface area contributed by atoms with Crippen LogP contribution in [-0.4, -0.2) is 24.7 Å². The van der Waals surface area contributed by atoms with Gasteiger partial charge in [0.25, 0.3) is 0 Å². The third-order valence-corrected chi connectivity index (χ3v) is 5.11. The lowest BCUT2D eigenvalue weighted by Gasteiger charge is -2.18. The second-order valence-corrected chi connectivity index (χ2v) is 6.45. The van der Waals surface area contributed by atoms with Crippen molar-refractivity contribution in [2.45, 2.75) is 26.2 Å². The maximum Gasteiger partial charge on any atom is 0.240 e. The highest BCUT2D eigenvalue weighted by Gasteiger charge is 2.24. The van der Waals surface area contributed by atoms with Crippen molar-refractivity contribution in [3.8, 4) is 11.9 Å². The molecule has 0 saturated heterocycles. The van der Waals surface area contributed by atoms with Crippen molar-refractivity contribution in [2.24, 2.45) is 5.92 Å². The van der Waals surface area contributed by atoms with Gasteiger partial charge in [-0.3, -0.25) is 4.57 Å².